The molecule has 0 radical (unpaired) electrons. The molecule has 21 heavy (non-hydrogen) atoms. The van der Waals surface area contributed by atoms with Crippen molar-refractivity contribution < 1.29 is 14.3 Å². The van der Waals surface area contributed by atoms with Gasteiger partial charge in [-0.3, -0.25) is 9.69 Å². The number of carbonyl (C=O) groups is 1. The van der Waals surface area contributed by atoms with Gasteiger partial charge >= 0.3 is 0 Å². The highest BCUT2D eigenvalue weighted by atomic mass is 16.5. The van der Waals surface area contributed by atoms with Gasteiger partial charge in [0.25, 0.3) is 5.91 Å². The van der Waals surface area contributed by atoms with Crippen molar-refractivity contribution in [1.29, 1.82) is 0 Å². The monoisotopic (exact) mass is 293 g/mol. The Hall–Kier alpha value is -1.79. The summed E-state index contributed by atoms with van der Waals surface area (Å²) in [5.41, 5.74) is 6.26. The molecule has 0 spiro atoms. The van der Waals surface area contributed by atoms with E-state index in [9.17, 15) is 4.79 Å². The molecule has 0 aliphatic carbocycles. The SMILES string of the molecule is CCN1CCOC(CNC(=O)COc2cccc(N)c2)C1. The number of anilines is 1. The molecule has 1 amide bonds. The van der Waals surface area contributed by atoms with Crippen LogP contribution in [0.15, 0.2) is 24.3 Å². The first-order valence-corrected chi connectivity index (χ1v) is 7.26. The number of morpholine rings is 1. The van der Waals surface area contributed by atoms with Crippen LogP contribution in [0.3, 0.4) is 0 Å². The van der Waals surface area contributed by atoms with Gasteiger partial charge in [0.1, 0.15) is 5.75 Å². The Balaban J connectivity index is 1.67. The first-order valence-electron chi connectivity index (χ1n) is 7.26. The molecule has 6 nitrogen and oxygen atoms in total. The number of ether oxygens (including phenoxy) is 2. The van der Waals surface area contributed by atoms with Crippen LogP contribution in [-0.4, -0.2) is 56.3 Å². The molecule has 1 aromatic rings. The van der Waals surface area contributed by atoms with Crippen molar-refractivity contribution in [3.63, 3.8) is 0 Å². The molecule has 1 saturated heterocycles. The Morgan fingerprint density at radius 2 is 2.43 bits per heavy atom. The zero-order chi connectivity index (χ0) is 15.1. The third kappa shape index (κ3) is 5.24. The Morgan fingerprint density at radius 1 is 1.57 bits per heavy atom. The summed E-state index contributed by atoms with van der Waals surface area (Å²) in [5, 5.41) is 2.84. The lowest BCUT2D eigenvalue weighted by Crippen LogP contribution is -2.47. The normalized spacial score (nSPS) is 19.2. The zero-order valence-electron chi connectivity index (χ0n) is 12.4. The van der Waals surface area contributed by atoms with Gasteiger partial charge in [-0.25, -0.2) is 0 Å². The molecule has 1 heterocycles. The number of nitrogens with two attached hydrogens (primary N) is 1. The second-order valence-corrected chi connectivity index (χ2v) is 5.05. The maximum atomic E-state index is 11.8. The average Bonchev–Trinajstić information content (AvgIpc) is 2.51. The highest BCUT2D eigenvalue weighted by molar-refractivity contribution is 5.77. The Morgan fingerprint density at radius 3 is 3.19 bits per heavy atom. The average molecular weight is 293 g/mol. The van der Waals surface area contributed by atoms with E-state index in [0.717, 1.165) is 19.6 Å². The van der Waals surface area contributed by atoms with E-state index in [4.69, 9.17) is 15.2 Å². The van der Waals surface area contributed by atoms with Gasteiger partial charge in [-0.15, -0.1) is 0 Å². The third-order valence-electron chi connectivity index (χ3n) is 3.43. The van der Waals surface area contributed by atoms with Crippen LogP contribution in [0.25, 0.3) is 0 Å². The predicted octanol–water partition coefficient (Wildman–Crippen LogP) is 0.485. The number of likely N-dealkylation sites (N-methyl/N-ethyl adjacent to an activating group) is 1. The maximum absolute atomic E-state index is 11.8. The van der Waals surface area contributed by atoms with E-state index in [1.54, 1.807) is 24.3 Å². The second kappa shape index (κ2) is 7.85. The van der Waals surface area contributed by atoms with Crippen LogP contribution >= 0.6 is 0 Å². The zero-order valence-corrected chi connectivity index (χ0v) is 12.4. The molecule has 116 valence electrons. The number of benzene rings is 1. The minimum atomic E-state index is -0.158. The van der Waals surface area contributed by atoms with Crippen LogP contribution in [0.5, 0.6) is 5.75 Å². The molecule has 3 N–H and O–H groups in total. The molecular weight excluding hydrogens is 270 g/mol. The van der Waals surface area contributed by atoms with E-state index in [0.29, 0.717) is 24.6 Å². The number of nitrogen functional groups attached to an aromatic ring is 1. The molecule has 6 heteroatoms. The Bertz CT molecular complexity index is 467. The number of rotatable bonds is 6. The summed E-state index contributed by atoms with van der Waals surface area (Å²) in [5.74, 6) is 0.436. The number of carbonyl (C=O) groups excluding carboxylic acids is 1. The number of nitrogens with one attached hydrogen (secondary N) is 1. The van der Waals surface area contributed by atoms with E-state index in [1.807, 2.05) is 0 Å². The molecule has 1 unspecified atom stereocenters. The van der Waals surface area contributed by atoms with Crippen molar-refractivity contribution in [3.05, 3.63) is 24.3 Å². The van der Waals surface area contributed by atoms with Crippen molar-refractivity contribution in [2.24, 2.45) is 0 Å². The fourth-order valence-corrected chi connectivity index (χ4v) is 2.22. The Kier molecular flexibility index (Phi) is 5.83. The summed E-state index contributed by atoms with van der Waals surface area (Å²) < 4.78 is 11.0. The van der Waals surface area contributed by atoms with E-state index >= 15 is 0 Å². The summed E-state index contributed by atoms with van der Waals surface area (Å²) in [4.78, 5) is 14.1. The van der Waals surface area contributed by atoms with Crippen molar-refractivity contribution in [1.82, 2.24) is 10.2 Å². The van der Waals surface area contributed by atoms with Crippen LogP contribution in [0.2, 0.25) is 0 Å². The molecule has 1 fully saturated rings. The molecule has 1 atom stereocenters. The summed E-state index contributed by atoms with van der Waals surface area (Å²) >= 11 is 0. The van der Waals surface area contributed by atoms with Gasteiger partial charge in [0, 0.05) is 31.4 Å². The van der Waals surface area contributed by atoms with Gasteiger partial charge in [0.05, 0.1) is 12.7 Å². The van der Waals surface area contributed by atoms with Gasteiger partial charge in [-0.1, -0.05) is 13.0 Å². The standard InChI is InChI=1S/C15H23N3O3/c1-2-18-6-7-20-14(10-18)9-17-15(19)11-21-13-5-3-4-12(16)8-13/h3-5,8,14H,2,6-7,9-11,16H2,1H3,(H,17,19). The van der Waals surface area contributed by atoms with Gasteiger partial charge in [-0.05, 0) is 18.7 Å². The van der Waals surface area contributed by atoms with Crippen LogP contribution in [-0.2, 0) is 9.53 Å². The van der Waals surface area contributed by atoms with Gasteiger partial charge in [0.15, 0.2) is 6.61 Å². The lowest BCUT2D eigenvalue weighted by molar-refractivity contribution is -0.124. The van der Waals surface area contributed by atoms with E-state index < -0.39 is 0 Å². The number of amides is 1. The van der Waals surface area contributed by atoms with Gasteiger partial charge < -0.3 is 20.5 Å². The molecule has 2 rings (SSSR count). The van der Waals surface area contributed by atoms with Crippen LogP contribution < -0.4 is 15.8 Å². The van der Waals surface area contributed by atoms with Crippen LogP contribution in [0, 0.1) is 0 Å². The summed E-state index contributed by atoms with van der Waals surface area (Å²) in [6.45, 7) is 6.15. The smallest absolute Gasteiger partial charge is 0.258 e. The first-order chi connectivity index (χ1) is 10.2. The lowest BCUT2D eigenvalue weighted by Gasteiger charge is -2.32. The van der Waals surface area contributed by atoms with E-state index in [1.165, 1.54) is 0 Å². The van der Waals surface area contributed by atoms with Crippen molar-refractivity contribution in [2.75, 3.05) is 45.1 Å². The lowest BCUT2D eigenvalue weighted by atomic mass is 10.2. The Labute approximate surface area is 125 Å². The first kappa shape index (κ1) is 15.6. The molecular formula is C15H23N3O3. The number of hydrogen-bond acceptors (Lipinski definition) is 5. The topological polar surface area (TPSA) is 76.8 Å². The molecule has 0 bridgehead atoms. The second-order valence-electron chi connectivity index (χ2n) is 5.05. The highest BCUT2D eigenvalue weighted by Crippen LogP contribution is 2.14. The maximum Gasteiger partial charge on any atom is 0.258 e. The largest absolute Gasteiger partial charge is 0.484 e. The molecule has 1 aliphatic rings. The summed E-state index contributed by atoms with van der Waals surface area (Å²) in [6, 6.07) is 7.02. The fraction of sp³-hybridized carbons (Fsp3) is 0.533. The van der Waals surface area contributed by atoms with Gasteiger partial charge in [-0.2, -0.15) is 0 Å². The molecule has 1 aromatic carbocycles. The summed E-state index contributed by atoms with van der Waals surface area (Å²) in [7, 11) is 0. The summed E-state index contributed by atoms with van der Waals surface area (Å²) in [6.07, 6.45) is 0.0509. The van der Waals surface area contributed by atoms with E-state index in [-0.39, 0.29) is 18.6 Å². The number of nitrogens with zero attached hydrogens (tertiary/aromatic N) is 1. The molecule has 1 aliphatic heterocycles. The molecule has 0 aromatic heterocycles. The van der Waals surface area contributed by atoms with Gasteiger partial charge in [0.2, 0.25) is 0 Å². The minimum absolute atomic E-state index is 0.0202. The fourth-order valence-electron chi connectivity index (χ4n) is 2.22. The predicted molar refractivity (Wildman–Crippen MR) is 81.2 cm³/mol. The third-order valence-corrected chi connectivity index (χ3v) is 3.43. The van der Waals surface area contributed by atoms with Crippen LogP contribution in [0.4, 0.5) is 5.69 Å². The van der Waals surface area contributed by atoms with Crippen molar-refractivity contribution >= 4 is 11.6 Å². The minimum Gasteiger partial charge on any atom is -0.484 e. The van der Waals surface area contributed by atoms with E-state index in [2.05, 4.69) is 17.1 Å². The van der Waals surface area contributed by atoms with Crippen LogP contribution in [0.1, 0.15) is 6.92 Å². The highest BCUT2D eigenvalue weighted by Gasteiger charge is 2.19. The van der Waals surface area contributed by atoms with Crippen molar-refractivity contribution in [2.45, 2.75) is 13.0 Å². The quantitative estimate of drug-likeness (QED) is 0.746. The molecule has 0 saturated carbocycles. The number of hydrogen-bond donors (Lipinski definition) is 2. The van der Waals surface area contributed by atoms with Crippen molar-refractivity contribution in [3.8, 4) is 5.75 Å².